The van der Waals surface area contributed by atoms with Crippen molar-refractivity contribution in [3.05, 3.63) is 88.1 Å². The summed E-state index contributed by atoms with van der Waals surface area (Å²) in [5.74, 6) is -0.504. The molecule has 3 N–H and O–H groups in total. The lowest BCUT2D eigenvalue weighted by atomic mass is 10.0. The minimum absolute atomic E-state index is 0.0110. The van der Waals surface area contributed by atoms with E-state index in [1.165, 1.54) is 22.8 Å². The van der Waals surface area contributed by atoms with Gasteiger partial charge in [-0.2, -0.15) is 0 Å². The van der Waals surface area contributed by atoms with Crippen LogP contribution in [0.3, 0.4) is 0 Å². The lowest BCUT2D eigenvalue weighted by molar-refractivity contribution is -0.137. The number of hydrogen-bond donors (Lipinski definition) is 3. The lowest BCUT2D eigenvalue weighted by Crippen LogP contribution is -2.36. The monoisotopic (exact) mass is 453 g/mol. The molecule has 0 radical (unpaired) electrons. The maximum absolute atomic E-state index is 13.1. The number of ether oxygens (including phenoxy) is 2. The van der Waals surface area contributed by atoms with Crippen LogP contribution >= 0.6 is 0 Å². The van der Waals surface area contributed by atoms with Crippen LogP contribution in [-0.2, 0) is 11.3 Å². The van der Waals surface area contributed by atoms with E-state index in [0.717, 1.165) is 0 Å². The molecule has 0 aliphatic carbocycles. The number of benzene rings is 2. The van der Waals surface area contributed by atoms with Crippen LogP contribution in [0.2, 0.25) is 0 Å². The second kappa shape index (κ2) is 9.43. The number of rotatable bonds is 7. The summed E-state index contributed by atoms with van der Waals surface area (Å²) < 4.78 is 25.1. The number of aromatic nitrogens is 1. The van der Waals surface area contributed by atoms with Crippen molar-refractivity contribution in [1.29, 1.82) is 0 Å². The SMILES string of the molecule is O=C(O)C[C@H](NC(=O)Nc1cccn(Cc2ccc(F)cc2)c1=O)c1ccc2c(c1)OCO2. The van der Waals surface area contributed by atoms with E-state index in [1.54, 1.807) is 42.6 Å². The van der Waals surface area contributed by atoms with Crippen molar-refractivity contribution in [2.75, 3.05) is 12.1 Å². The van der Waals surface area contributed by atoms with Gasteiger partial charge in [-0.05, 0) is 47.5 Å². The zero-order valence-corrected chi connectivity index (χ0v) is 17.3. The molecule has 2 heterocycles. The number of carbonyl (C=O) groups is 2. The van der Waals surface area contributed by atoms with E-state index in [-0.39, 0.29) is 31.3 Å². The van der Waals surface area contributed by atoms with Crippen LogP contribution in [-0.4, -0.2) is 28.5 Å². The van der Waals surface area contributed by atoms with Gasteiger partial charge in [0.1, 0.15) is 11.5 Å². The molecule has 10 heteroatoms. The Kier molecular flexibility index (Phi) is 6.25. The Morgan fingerprint density at radius 3 is 2.61 bits per heavy atom. The van der Waals surface area contributed by atoms with E-state index < -0.39 is 23.6 Å². The van der Waals surface area contributed by atoms with Crippen molar-refractivity contribution < 1.29 is 28.6 Å². The zero-order valence-electron chi connectivity index (χ0n) is 17.3. The van der Waals surface area contributed by atoms with Gasteiger partial charge in [-0.15, -0.1) is 0 Å². The van der Waals surface area contributed by atoms with E-state index in [4.69, 9.17) is 9.47 Å². The Balaban J connectivity index is 1.49. The number of aliphatic carboxylic acids is 1. The normalized spacial score (nSPS) is 12.8. The number of halogens is 1. The summed E-state index contributed by atoms with van der Waals surface area (Å²) in [5, 5.41) is 14.3. The number of hydrogen-bond acceptors (Lipinski definition) is 5. The quantitative estimate of drug-likeness (QED) is 0.506. The molecule has 1 aliphatic heterocycles. The summed E-state index contributed by atoms with van der Waals surface area (Å²) in [6.07, 6.45) is 1.17. The summed E-state index contributed by atoms with van der Waals surface area (Å²) in [5.41, 5.74) is 0.773. The third-order valence-electron chi connectivity index (χ3n) is 5.02. The third-order valence-corrected chi connectivity index (χ3v) is 5.02. The summed E-state index contributed by atoms with van der Waals surface area (Å²) in [6, 6.07) is 12.0. The molecule has 1 aliphatic rings. The molecule has 2 amide bonds. The van der Waals surface area contributed by atoms with Gasteiger partial charge < -0.3 is 29.8 Å². The molecule has 1 aromatic heterocycles. The van der Waals surface area contributed by atoms with Crippen molar-refractivity contribution in [2.45, 2.75) is 19.0 Å². The van der Waals surface area contributed by atoms with Gasteiger partial charge in [0, 0.05) is 6.20 Å². The Morgan fingerprint density at radius 2 is 1.85 bits per heavy atom. The van der Waals surface area contributed by atoms with Crippen molar-refractivity contribution in [3.63, 3.8) is 0 Å². The predicted octanol–water partition coefficient (Wildman–Crippen LogP) is 3.10. The third kappa shape index (κ3) is 5.29. The van der Waals surface area contributed by atoms with E-state index in [9.17, 15) is 23.9 Å². The minimum Gasteiger partial charge on any atom is -0.481 e. The van der Waals surface area contributed by atoms with Gasteiger partial charge in [-0.1, -0.05) is 18.2 Å². The smallest absolute Gasteiger partial charge is 0.319 e. The highest BCUT2D eigenvalue weighted by Crippen LogP contribution is 2.34. The predicted molar refractivity (Wildman–Crippen MR) is 116 cm³/mol. The fourth-order valence-electron chi connectivity index (χ4n) is 3.42. The first-order valence-electron chi connectivity index (χ1n) is 10.0. The number of amides is 2. The molecular formula is C23H20FN3O6. The molecule has 4 rings (SSSR count). The van der Waals surface area contributed by atoms with Gasteiger partial charge in [0.05, 0.1) is 19.0 Å². The van der Waals surface area contributed by atoms with Crippen molar-refractivity contribution >= 4 is 17.7 Å². The number of nitrogens with zero attached hydrogens (tertiary/aromatic N) is 1. The number of nitrogens with one attached hydrogen (secondary N) is 2. The van der Waals surface area contributed by atoms with Gasteiger partial charge in [-0.25, -0.2) is 9.18 Å². The number of carboxylic acids is 1. The first-order valence-corrected chi connectivity index (χ1v) is 10.0. The van der Waals surface area contributed by atoms with Crippen LogP contribution in [0.1, 0.15) is 23.6 Å². The lowest BCUT2D eigenvalue weighted by Gasteiger charge is -2.18. The molecule has 0 fully saturated rings. The molecule has 33 heavy (non-hydrogen) atoms. The first-order chi connectivity index (χ1) is 15.9. The summed E-state index contributed by atoms with van der Waals surface area (Å²) in [7, 11) is 0. The molecule has 0 bridgehead atoms. The van der Waals surface area contributed by atoms with Crippen LogP contribution in [0, 0.1) is 5.82 Å². The van der Waals surface area contributed by atoms with E-state index in [1.807, 2.05) is 0 Å². The molecule has 3 aromatic rings. The zero-order chi connectivity index (χ0) is 23.4. The largest absolute Gasteiger partial charge is 0.481 e. The first kappa shape index (κ1) is 21.9. The van der Waals surface area contributed by atoms with Crippen LogP contribution in [0.4, 0.5) is 14.9 Å². The molecule has 9 nitrogen and oxygen atoms in total. The van der Waals surface area contributed by atoms with Crippen LogP contribution < -0.4 is 25.7 Å². The second-order valence-corrected chi connectivity index (χ2v) is 7.34. The molecule has 2 aromatic carbocycles. The Labute approximate surface area is 187 Å². The van der Waals surface area contributed by atoms with Crippen LogP contribution in [0.25, 0.3) is 0 Å². The van der Waals surface area contributed by atoms with E-state index in [0.29, 0.717) is 22.6 Å². The number of carbonyl (C=O) groups excluding carboxylic acids is 1. The molecule has 0 saturated heterocycles. The highest BCUT2D eigenvalue weighted by Gasteiger charge is 2.22. The van der Waals surface area contributed by atoms with Crippen molar-refractivity contribution in [3.8, 4) is 11.5 Å². The molecule has 170 valence electrons. The van der Waals surface area contributed by atoms with Gasteiger partial charge in [0.15, 0.2) is 11.5 Å². The average molecular weight is 453 g/mol. The Hall–Kier alpha value is -4.34. The van der Waals surface area contributed by atoms with Crippen LogP contribution in [0.5, 0.6) is 11.5 Å². The topological polar surface area (TPSA) is 119 Å². The summed E-state index contributed by atoms with van der Waals surface area (Å²) >= 11 is 0. The average Bonchev–Trinajstić information content (AvgIpc) is 3.25. The van der Waals surface area contributed by atoms with E-state index in [2.05, 4.69) is 10.6 Å². The number of fused-ring (bicyclic) bond motifs is 1. The molecule has 0 spiro atoms. The second-order valence-electron chi connectivity index (χ2n) is 7.34. The van der Waals surface area contributed by atoms with E-state index >= 15 is 0 Å². The highest BCUT2D eigenvalue weighted by molar-refractivity contribution is 5.89. The summed E-state index contributed by atoms with van der Waals surface area (Å²) in [4.78, 5) is 36.7. The number of pyridine rings is 1. The Morgan fingerprint density at radius 1 is 1.09 bits per heavy atom. The molecule has 1 atom stereocenters. The summed E-state index contributed by atoms with van der Waals surface area (Å²) in [6.45, 7) is 0.254. The standard InChI is InChI=1S/C23H20FN3O6/c24-16-6-3-14(4-7-16)12-27-9-1-2-17(22(27)30)25-23(31)26-18(11-21(28)29)15-5-8-19-20(10-15)33-13-32-19/h1-10,18H,11-13H2,(H,28,29)(H2,25,26,31)/t18-/m0/s1. The van der Waals surface area contributed by atoms with Crippen molar-refractivity contribution in [1.82, 2.24) is 9.88 Å². The maximum Gasteiger partial charge on any atom is 0.319 e. The fourth-order valence-corrected chi connectivity index (χ4v) is 3.42. The highest BCUT2D eigenvalue weighted by atomic mass is 19.1. The number of urea groups is 1. The van der Waals surface area contributed by atoms with Gasteiger partial charge in [-0.3, -0.25) is 9.59 Å². The molecule has 0 saturated carbocycles. The fraction of sp³-hybridized carbons (Fsp3) is 0.174. The number of carboxylic acid groups (broad SMARTS) is 1. The van der Waals surface area contributed by atoms with Crippen LogP contribution in [0.15, 0.2) is 65.6 Å². The van der Waals surface area contributed by atoms with Gasteiger partial charge >= 0.3 is 12.0 Å². The van der Waals surface area contributed by atoms with Gasteiger partial charge in [0.2, 0.25) is 6.79 Å². The molecular weight excluding hydrogens is 433 g/mol. The van der Waals surface area contributed by atoms with Crippen molar-refractivity contribution in [2.24, 2.45) is 0 Å². The molecule has 0 unspecified atom stereocenters. The minimum atomic E-state index is -1.11. The Bertz CT molecular complexity index is 1240. The van der Waals surface area contributed by atoms with Gasteiger partial charge in [0.25, 0.3) is 5.56 Å². The maximum atomic E-state index is 13.1. The number of anilines is 1.